The molecule has 1 amide bonds. The van der Waals surface area contributed by atoms with Gasteiger partial charge in [0, 0.05) is 31.3 Å². The van der Waals surface area contributed by atoms with Gasteiger partial charge < -0.3 is 10.1 Å². The van der Waals surface area contributed by atoms with Crippen LogP contribution in [-0.2, 0) is 10.0 Å². The summed E-state index contributed by atoms with van der Waals surface area (Å²) in [5.41, 5.74) is 0.538. The number of nitrogens with zero attached hydrogens (tertiary/aromatic N) is 2. The van der Waals surface area contributed by atoms with Crippen LogP contribution in [0.1, 0.15) is 37.0 Å². The molecule has 0 saturated carbocycles. The van der Waals surface area contributed by atoms with Crippen molar-refractivity contribution >= 4 is 33.2 Å². The van der Waals surface area contributed by atoms with E-state index in [9.17, 15) is 13.2 Å². The molecule has 0 fully saturated rings. The van der Waals surface area contributed by atoms with Gasteiger partial charge in [-0.2, -0.15) is 9.57 Å². The topological polar surface area (TPSA) is 99.5 Å². The summed E-state index contributed by atoms with van der Waals surface area (Å²) in [5, 5.41) is 11.4. The SMILES string of the molecule is CCN(CC)S(=O)(=O)c1ccc(Cl)c(C(=O)Nc2cccc(OCCCC#N)c2)c1. The Kier molecular flexibility index (Phi) is 8.66. The molecular formula is C21H24ClN3O4S. The van der Waals surface area contributed by atoms with E-state index in [2.05, 4.69) is 5.32 Å². The molecule has 2 rings (SSSR count). The Labute approximate surface area is 182 Å². The zero-order valence-electron chi connectivity index (χ0n) is 16.9. The second kappa shape index (κ2) is 11.0. The standard InChI is InChI=1S/C21H24ClN3O4S/c1-3-25(4-2)30(27,28)18-10-11-20(22)19(15-18)21(26)24-16-8-7-9-17(14-16)29-13-6-5-12-23/h7-11,14-15H,3-6,13H2,1-2H3,(H,24,26). The second-order valence-electron chi connectivity index (χ2n) is 6.32. The summed E-state index contributed by atoms with van der Waals surface area (Å²) in [6, 6.07) is 12.9. The van der Waals surface area contributed by atoms with E-state index in [-0.39, 0.29) is 15.5 Å². The molecule has 1 N–H and O–H groups in total. The van der Waals surface area contributed by atoms with Crippen LogP contribution >= 0.6 is 11.6 Å². The Morgan fingerprint density at radius 2 is 1.93 bits per heavy atom. The first-order valence-electron chi connectivity index (χ1n) is 9.54. The van der Waals surface area contributed by atoms with Gasteiger partial charge >= 0.3 is 0 Å². The van der Waals surface area contributed by atoms with E-state index in [0.29, 0.717) is 44.0 Å². The molecule has 0 aliphatic heterocycles. The molecule has 0 unspecified atom stereocenters. The normalized spacial score (nSPS) is 11.2. The minimum absolute atomic E-state index is 0.00956. The lowest BCUT2D eigenvalue weighted by atomic mass is 10.2. The van der Waals surface area contributed by atoms with Crippen LogP contribution in [0.4, 0.5) is 5.69 Å². The molecule has 0 bridgehead atoms. The predicted molar refractivity (Wildman–Crippen MR) is 116 cm³/mol. The summed E-state index contributed by atoms with van der Waals surface area (Å²) in [5.74, 6) is 0.0212. The zero-order valence-corrected chi connectivity index (χ0v) is 18.5. The lowest BCUT2D eigenvalue weighted by Gasteiger charge is -2.19. The number of nitrogens with one attached hydrogen (secondary N) is 1. The maximum Gasteiger partial charge on any atom is 0.257 e. The molecule has 0 aliphatic carbocycles. The lowest BCUT2D eigenvalue weighted by molar-refractivity contribution is 0.102. The highest BCUT2D eigenvalue weighted by Crippen LogP contribution is 2.25. The largest absolute Gasteiger partial charge is 0.493 e. The third-order valence-corrected chi connectivity index (χ3v) is 6.69. The quantitative estimate of drug-likeness (QED) is 0.545. The highest BCUT2D eigenvalue weighted by Gasteiger charge is 2.24. The molecule has 30 heavy (non-hydrogen) atoms. The van der Waals surface area contributed by atoms with Crippen molar-refractivity contribution in [3.05, 3.63) is 53.1 Å². The lowest BCUT2D eigenvalue weighted by Crippen LogP contribution is -2.30. The third-order valence-electron chi connectivity index (χ3n) is 4.32. The molecule has 0 radical (unpaired) electrons. The number of hydrogen-bond acceptors (Lipinski definition) is 5. The number of rotatable bonds is 10. The van der Waals surface area contributed by atoms with Gasteiger partial charge in [0.2, 0.25) is 10.0 Å². The van der Waals surface area contributed by atoms with E-state index < -0.39 is 15.9 Å². The van der Waals surface area contributed by atoms with E-state index in [0.717, 1.165) is 0 Å². The highest BCUT2D eigenvalue weighted by atomic mass is 35.5. The molecule has 9 heteroatoms. The summed E-state index contributed by atoms with van der Waals surface area (Å²) < 4.78 is 32.4. The Hall–Kier alpha value is -2.60. The van der Waals surface area contributed by atoms with Gasteiger partial charge in [0.1, 0.15) is 5.75 Å². The van der Waals surface area contributed by atoms with E-state index >= 15 is 0 Å². The fourth-order valence-electron chi connectivity index (χ4n) is 2.75. The fraction of sp³-hybridized carbons (Fsp3) is 0.333. The maximum atomic E-state index is 12.8. The second-order valence-corrected chi connectivity index (χ2v) is 8.67. The number of carbonyl (C=O) groups excluding carboxylic acids is 1. The van der Waals surface area contributed by atoms with Gasteiger partial charge in [-0.15, -0.1) is 0 Å². The van der Waals surface area contributed by atoms with Crippen LogP contribution in [0, 0.1) is 11.3 Å². The van der Waals surface area contributed by atoms with Crippen molar-refractivity contribution in [1.29, 1.82) is 5.26 Å². The van der Waals surface area contributed by atoms with E-state index in [4.69, 9.17) is 21.6 Å². The minimum atomic E-state index is -3.72. The summed E-state index contributed by atoms with van der Waals surface area (Å²) >= 11 is 6.16. The number of ether oxygens (including phenoxy) is 1. The fourth-order valence-corrected chi connectivity index (χ4v) is 4.44. The van der Waals surface area contributed by atoms with Crippen LogP contribution in [0.5, 0.6) is 5.75 Å². The van der Waals surface area contributed by atoms with Gasteiger partial charge in [0.15, 0.2) is 0 Å². The highest BCUT2D eigenvalue weighted by molar-refractivity contribution is 7.89. The molecule has 0 heterocycles. The van der Waals surface area contributed by atoms with Crippen molar-refractivity contribution in [1.82, 2.24) is 4.31 Å². The van der Waals surface area contributed by atoms with E-state index in [1.807, 2.05) is 6.07 Å². The predicted octanol–water partition coefficient (Wildman–Crippen LogP) is 4.31. The van der Waals surface area contributed by atoms with Gasteiger partial charge in [0.25, 0.3) is 5.91 Å². The first-order valence-corrected chi connectivity index (χ1v) is 11.4. The number of carbonyl (C=O) groups is 1. The molecular weight excluding hydrogens is 426 g/mol. The number of halogens is 1. The van der Waals surface area contributed by atoms with Crippen LogP contribution < -0.4 is 10.1 Å². The van der Waals surface area contributed by atoms with E-state index in [1.54, 1.807) is 38.1 Å². The molecule has 160 valence electrons. The number of nitriles is 1. The monoisotopic (exact) mass is 449 g/mol. The van der Waals surface area contributed by atoms with Gasteiger partial charge in [-0.05, 0) is 36.8 Å². The molecule has 0 aromatic heterocycles. The summed E-state index contributed by atoms with van der Waals surface area (Å²) in [6.45, 7) is 4.54. The molecule has 0 spiro atoms. The minimum Gasteiger partial charge on any atom is -0.493 e. The van der Waals surface area contributed by atoms with Gasteiger partial charge in [-0.1, -0.05) is 31.5 Å². The van der Waals surface area contributed by atoms with Crippen LogP contribution in [0.25, 0.3) is 0 Å². The summed E-state index contributed by atoms with van der Waals surface area (Å²) in [6.07, 6.45) is 1.01. The van der Waals surface area contributed by atoms with Crippen LogP contribution in [0.2, 0.25) is 5.02 Å². The first-order chi connectivity index (χ1) is 14.3. The number of benzene rings is 2. The third kappa shape index (κ3) is 5.95. The molecule has 0 saturated heterocycles. The Bertz CT molecular complexity index is 1030. The van der Waals surface area contributed by atoms with Gasteiger partial charge in [-0.3, -0.25) is 4.79 Å². The average molecular weight is 450 g/mol. The van der Waals surface area contributed by atoms with Crippen molar-refractivity contribution < 1.29 is 17.9 Å². The smallest absolute Gasteiger partial charge is 0.257 e. The molecule has 7 nitrogen and oxygen atoms in total. The Balaban J connectivity index is 2.21. The Morgan fingerprint density at radius 1 is 1.20 bits per heavy atom. The van der Waals surface area contributed by atoms with E-state index in [1.165, 1.54) is 22.5 Å². The van der Waals surface area contributed by atoms with Crippen LogP contribution in [-0.4, -0.2) is 38.3 Å². The van der Waals surface area contributed by atoms with Crippen LogP contribution in [0.3, 0.4) is 0 Å². The number of amides is 1. The zero-order chi connectivity index (χ0) is 22.1. The first kappa shape index (κ1) is 23.7. The molecule has 0 atom stereocenters. The van der Waals surface area contributed by atoms with Gasteiger partial charge in [0.05, 0.1) is 28.2 Å². The number of hydrogen-bond donors (Lipinski definition) is 1. The van der Waals surface area contributed by atoms with Gasteiger partial charge in [-0.25, -0.2) is 8.42 Å². The molecule has 2 aromatic rings. The molecule has 2 aromatic carbocycles. The van der Waals surface area contributed by atoms with Crippen molar-refractivity contribution in [3.63, 3.8) is 0 Å². The summed E-state index contributed by atoms with van der Waals surface area (Å²) in [4.78, 5) is 12.8. The number of unbranched alkanes of at least 4 members (excludes halogenated alkanes) is 1. The Morgan fingerprint density at radius 3 is 2.60 bits per heavy atom. The number of anilines is 1. The van der Waals surface area contributed by atoms with Crippen molar-refractivity contribution in [2.45, 2.75) is 31.6 Å². The van der Waals surface area contributed by atoms with Crippen molar-refractivity contribution in [2.24, 2.45) is 0 Å². The van der Waals surface area contributed by atoms with Crippen molar-refractivity contribution in [2.75, 3.05) is 25.0 Å². The van der Waals surface area contributed by atoms with Crippen LogP contribution in [0.15, 0.2) is 47.4 Å². The summed E-state index contributed by atoms with van der Waals surface area (Å²) in [7, 11) is -3.72. The average Bonchev–Trinajstić information content (AvgIpc) is 2.72. The van der Waals surface area contributed by atoms with Crippen molar-refractivity contribution in [3.8, 4) is 11.8 Å². The maximum absolute atomic E-state index is 12.8. The number of sulfonamides is 1. The molecule has 0 aliphatic rings.